The fourth-order valence-electron chi connectivity index (χ4n) is 3.73. The number of hydrogen-bond acceptors (Lipinski definition) is 4. The van der Waals surface area contributed by atoms with Crippen LogP contribution < -0.4 is 5.46 Å². The minimum atomic E-state index is -0.234. The average molecular weight is 262 g/mol. The van der Waals surface area contributed by atoms with Crippen LogP contribution in [0.4, 0.5) is 4.39 Å². The molecule has 4 fully saturated rings. The van der Waals surface area contributed by atoms with E-state index in [2.05, 4.69) is 0 Å². The van der Waals surface area contributed by atoms with Crippen LogP contribution in [0.3, 0.4) is 0 Å². The van der Waals surface area contributed by atoms with Crippen LogP contribution in [0.15, 0.2) is 24.3 Å². The van der Waals surface area contributed by atoms with Gasteiger partial charge in [0.1, 0.15) is 18.0 Å². The molecule has 1 unspecified atom stereocenters. The van der Waals surface area contributed by atoms with Gasteiger partial charge in [-0.25, -0.2) is 4.39 Å². The van der Waals surface area contributed by atoms with E-state index < -0.39 is 0 Å². The SMILES string of the molecule is Fc1ccc(B2O[C@H]3[C@@H]4C2O[C@H]4[C@@H]2OC[C@H]3O2)cc1. The van der Waals surface area contributed by atoms with Crippen molar-refractivity contribution in [3.8, 4) is 0 Å². The minimum absolute atomic E-state index is 0.000742. The normalized spacial score (nSPS) is 46.1. The van der Waals surface area contributed by atoms with Gasteiger partial charge in [0.25, 0.3) is 0 Å². The summed E-state index contributed by atoms with van der Waals surface area (Å²) in [7, 11) is 0. The van der Waals surface area contributed by atoms with Crippen LogP contribution in [0.2, 0.25) is 0 Å². The largest absolute Gasteiger partial charge is 0.423 e. The summed E-state index contributed by atoms with van der Waals surface area (Å²) in [5.41, 5.74) is 0.969. The molecule has 0 radical (unpaired) electrons. The lowest BCUT2D eigenvalue weighted by Crippen LogP contribution is -2.63. The second-order valence-corrected chi connectivity index (χ2v) is 5.59. The summed E-state index contributed by atoms with van der Waals surface area (Å²) in [5, 5.41) is 0. The van der Waals surface area contributed by atoms with Gasteiger partial charge in [-0.2, -0.15) is 0 Å². The molecule has 6 atom stereocenters. The van der Waals surface area contributed by atoms with E-state index >= 15 is 0 Å². The highest BCUT2D eigenvalue weighted by molar-refractivity contribution is 6.69. The Kier molecular flexibility index (Phi) is 2.03. The van der Waals surface area contributed by atoms with E-state index in [0.29, 0.717) is 12.5 Å². The zero-order chi connectivity index (χ0) is 12.6. The number of rotatable bonds is 1. The van der Waals surface area contributed by atoms with E-state index in [1.807, 2.05) is 0 Å². The molecule has 4 aliphatic rings. The van der Waals surface area contributed by atoms with Gasteiger partial charge in [0.15, 0.2) is 6.29 Å². The maximum absolute atomic E-state index is 13.0. The third kappa shape index (κ3) is 1.32. The number of halogens is 1. The van der Waals surface area contributed by atoms with Gasteiger partial charge < -0.3 is 18.9 Å². The Labute approximate surface area is 109 Å². The van der Waals surface area contributed by atoms with Gasteiger partial charge in [0.05, 0.1) is 18.7 Å². The Hall–Kier alpha value is -0.945. The third-order valence-electron chi connectivity index (χ3n) is 4.62. The first-order valence-electron chi connectivity index (χ1n) is 6.65. The van der Waals surface area contributed by atoms with Crippen molar-refractivity contribution in [2.75, 3.05) is 6.61 Å². The molecule has 0 aliphatic carbocycles. The van der Waals surface area contributed by atoms with E-state index in [4.69, 9.17) is 18.9 Å². The van der Waals surface area contributed by atoms with Gasteiger partial charge in [-0.3, -0.25) is 0 Å². The van der Waals surface area contributed by atoms with Gasteiger partial charge in [-0.1, -0.05) is 12.1 Å². The van der Waals surface area contributed by atoms with Crippen LogP contribution >= 0.6 is 0 Å². The third-order valence-corrected chi connectivity index (χ3v) is 4.62. The van der Waals surface area contributed by atoms with Crippen LogP contribution in [-0.2, 0) is 18.9 Å². The summed E-state index contributed by atoms with van der Waals surface area (Å²) in [6.45, 7) is 0.462. The topological polar surface area (TPSA) is 36.9 Å². The Morgan fingerprint density at radius 2 is 1.95 bits per heavy atom. The fraction of sp³-hybridized carbons (Fsp3) is 0.538. The maximum Gasteiger partial charge on any atom is 0.357 e. The number of ether oxygens (including phenoxy) is 3. The molecule has 98 valence electrons. The van der Waals surface area contributed by atoms with Gasteiger partial charge >= 0.3 is 6.92 Å². The van der Waals surface area contributed by atoms with E-state index in [-0.39, 0.29) is 43.3 Å². The molecule has 1 aromatic carbocycles. The summed E-state index contributed by atoms with van der Waals surface area (Å²) in [5.74, 6) is 0.115. The molecular weight excluding hydrogens is 250 g/mol. The smallest absolute Gasteiger partial charge is 0.357 e. The second kappa shape index (κ2) is 3.58. The van der Waals surface area contributed by atoms with Crippen molar-refractivity contribution < 1.29 is 23.3 Å². The molecule has 4 heterocycles. The molecule has 4 nitrogen and oxygen atoms in total. The molecule has 5 rings (SSSR count). The van der Waals surface area contributed by atoms with Crippen molar-refractivity contribution in [3.63, 3.8) is 0 Å². The number of benzene rings is 1. The van der Waals surface area contributed by atoms with Crippen molar-refractivity contribution in [1.29, 1.82) is 0 Å². The highest BCUT2D eigenvalue weighted by Gasteiger charge is 2.68. The first-order chi connectivity index (χ1) is 9.31. The lowest BCUT2D eigenvalue weighted by molar-refractivity contribution is -0.283. The summed E-state index contributed by atoms with van der Waals surface area (Å²) in [4.78, 5) is 0. The van der Waals surface area contributed by atoms with Gasteiger partial charge in [-0.05, 0) is 17.6 Å². The molecular formula is C13H12BFO4. The van der Waals surface area contributed by atoms with Crippen molar-refractivity contribution >= 4 is 12.4 Å². The van der Waals surface area contributed by atoms with E-state index in [0.717, 1.165) is 5.46 Å². The lowest BCUT2D eigenvalue weighted by Gasteiger charge is -2.47. The van der Waals surface area contributed by atoms with E-state index in [1.54, 1.807) is 12.1 Å². The first kappa shape index (κ1) is 10.8. The summed E-state index contributed by atoms with van der Waals surface area (Å²) < 4.78 is 36.3. The highest BCUT2D eigenvalue weighted by Crippen LogP contribution is 2.50. The van der Waals surface area contributed by atoms with Gasteiger partial charge in [0, 0.05) is 5.92 Å². The predicted molar refractivity (Wildman–Crippen MR) is 63.4 cm³/mol. The lowest BCUT2D eigenvalue weighted by atomic mass is 9.52. The van der Waals surface area contributed by atoms with Crippen LogP contribution in [-0.4, -0.2) is 44.1 Å². The zero-order valence-corrected chi connectivity index (χ0v) is 10.1. The van der Waals surface area contributed by atoms with Crippen molar-refractivity contribution in [2.24, 2.45) is 5.92 Å². The molecule has 6 heteroatoms. The van der Waals surface area contributed by atoms with Crippen LogP contribution in [0.5, 0.6) is 0 Å². The summed E-state index contributed by atoms with van der Waals surface area (Å²) in [6, 6.07) is 6.51. The van der Waals surface area contributed by atoms with E-state index in [9.17, 15) is 4.39 Å². The predicted octanol–water partition coefficient (Wildman–Crippen LogP) is 0.101. The monoisotopic (exact) mass is 262 g/mol. The molecule has 0 N–H and O–H groups in total. The summed E-state index contributed by atoms with van der Waals surface area (Å²) >= 11 is 0. The molecule has 19 heavy (non-hydrogen) atoms. The van der Waals surface area contributed by atoms with Crippen molar-refractivity contribution in [2.45, 2.75) is 30.6 Å². The first-order valence-corrected chi connectivity index (χ1v) is 6.65. The van der Waals surface area contributed by atoms with Crippen molar-refractivity contribution in [1.82, 2.24) is 0 Å². The number of hydrogen-bond donors (Lipinski definition) is 0. The van der Waals surface area contributed by atoms with Gasteiger partial charge in [-0.15, -0.1) is 0 Å². The highest BCUT2D eigenvalue weighted by atomic mass is 19.1. The standard InChI is InChI=1S/C13H12BFO4/c15-7-3-1-6(2-4-7)14-12-9-10(19-14)8-5-16-13(17-8)11(9)18-12/h1-4,8-13H,5H2/t8-,9+,10-,11-,12?,13-/m1/s1. The Balaban J connectivity index is 1.48. The minimum Gasteiger partial charge on any atom is -0.423 e. The zero-order valence-electron chi connectivity index (χ0n) is 10.1. The molecule has 1 aromatic rings. The fourth-order valence-corrected chi connectivity index (χ4v) is 3.73. The Bertz CT molecular complexity index is 524. The van der Waals surface area contributed by atoms with Crippen LogP contribution in [0, 0.1) is 11.7 Å². The van der Waals surface area contributed by atoms with Crippen molar-refractivity contribution in [3.05, 3.63) is 30.1 Å². The quantitative estimate of drug-likeness (QED) is 0.673. The average Bonchev–Trinajstić information content (AvgIpc) is 2.94. The molecule has 4 saturated heterocycles. The molecule has 0 amide bonds. The molecule has 0 spiro atoms. The molecule has 0 saturated carbocycles. The maximum atomic E-state index is 13.0. The second-order valence-electron chi connectivity index (χ2n) is 5.59. The van der Waals surface area contributed by atoms with E-state index in [1.165, 1.54) is 12.1 Å². The van der Waals surface area contributed by atoms with Crippen LogP contribution in [0.1, 0.15) is 0 Å². The summed E-state index contributed by atoms with van der Waals surface area (Å²) in [6.07, 6.45) is -0.169. The van der Waals surface area contributed by atoms with Crippen LogP contribution in [0.25, 0.3) is 0 Å². The number of fused-ring (bicyclic) bond motifs is 4. The Morgan fingerprint density at radius 1 is 1.11 bits per heavy atom. The van der Waals surface area contributed by atoms with Gasteiger partial charge in [0.2, 0.25) is 0 Å². The molecule has 2 bridgehead atoms. The molecule has 0 aromatic heterocycles. The Morgan fingerprint density at radius 3 is 2.79 bits per heavy atom. The molecule has 4 aliphatic heterocycles.